The monoisotopic (exact) mass is 296 g/mol. The second-order valence-electron chi connectivity index (χ2n) is 5.85. The average molecular weight is 296 g/mol. The zero-order valence-electron chi connectivity index (χ0n) is 12.3. The van der Waals surface area contributed by atoms with Gasteiger partial charge >= 0.3 is 6.09 Å². The molecular weight excluding hydrogens is 276 g/mol. The number of amides is 2. The molecule has 1 aromatic rings. The topological polar surface area (TPSA) is 124 Å². The van der Waals surface area contributed by atoms with Crippen LogP contribution in [0.4, 0.5) is 4.79 Å². The van der Waals surface area contributed by atoms with Crippen LogP contribution in [0, 0.1) is 0 Å². The molecule has 0 unspecified atom stereocenters. The van der Waals surface area contributed by atoms with Gasteiger partial charge in [0.1, 0.15) is 23.8 Å². The van der Waals surface area contributed by atoms with Gasteiger partial charge in [-0.1, -0.05) is 0 Å². The van der Waals surface area contributed by atoms with Crippen molar-refractivity contribution in [3.8, 4) is 0 Å². The van der Waals surface area contributed by atoms with Crippen LogP contribution in [0.15, 0.2) is 6.33 Å². The van der Waals surface area contributed by atoms with Gasteiger partial charge in [0, 0.05) is 0 Å². The van der Waals surface area contributed by atoms with Gasteiger partial charge in [-0.2, -0.15) is 5.10 Å². The van der Waals surface area contributed by atoms with Crippen LogP contribution in [0.25, 0.3) is 0 Å². The van der Waals surface area contributed by atoms with Gasteiger partial charge in [-0.25, -0.2) is 14.5 Å². The predicted molar refractivity (Wildman–Crippen MR) is 73.0 cm³/mol. The third kappa shape index (κ3) is 3.91. The summed E-state index contributed by atoms with van der Waals surface area (Å²) in [5.74, 6) is 0.391. The van der Waals surface area contributed by atoms with Crippen LogP contribution in [0.2, 0.25) is 0 Å². The summed E-state index contributed by atoms with van der Waals surface area (Å²) in [5, 5.41) is 9.35. The molecule has 9 nitrogen and oxygen atoms in total. The Balaban J connectivity index is 1.86. The standard InChI is InChI=1S/C12H20N6O3/c1-12(2,3)21-11(20)14-4-8-15-6-16-18(8)5-7-9(13)10(19)17-7/h6-7,9H,4-5,13H2,1-3H3,(H,14,20)(H,17,19)/t7-,9+/m1/s1. The highest BCUT2D eigenvalue weighted by Gasteiger charge is 2.36. The first-order chi connectivity index (χ1) is 9.76. The minimum atomic E-state index is -0.555. The van der Waals surface area contributed by atoms with E-state index in [2.05, 4.69) is 20.7 Å². The lowest BCUT2D eigenvalue weighted by Crippen LogP contribution is -2.68. The smallest absolute Gasteiger partial charge is 0.408 e. The molecule has 0 bridgehead atoms. The molecule has 0 radical (unpaired) electrons. The molecule has 1 aliphatic heterocycles. The van der Waals surface area contributed by atoms with E-state index in [-0.39, 0.29) is 18.5 Å². The summed E-state index contributed by atoms with van der Waals surface area (Å²) >= 11 is 0. The maximum Gasteiger partial charge on any atom is 0.408 e. The molecule has 4 N–H and O–H groups in total. The molecule has 0 saturated carbocycles. The van der Waals surface area contributed by atoms with Crippen LogP contribution < -0.4 is 16.4 Å². The van der Waals surface area contributed by atoms with Gasteiger partial charge in [-0.15, -0.1) is 0 Å². The Labute approximate surface area is 122 Å². The van der Waals surface area contributed by atoms with Crippen molar-refractivity contribution in [1.82, 2.24) is 25.4 Å². The highest BCUT2D eigenvalue weighted by atomic mass is 16.6. The lowest BCUT2D eigenvalue weighted by molar-refractivity contribution is -0.130. The summed E-state index contributed by atoms with van der Waals surface area (Å²) in [4.78, 5) is 26.7. The van der Waals surface area contributed by atoms with E-state index in [9.17, 15) is 9.59 Å². The van der Waals surface area contributed by atoms with Crippen LogP contribution >= 0.6 is 0 Å². The van der Waals surface area contributed by atoms with Crippen molar-refractivity contribution in [1.29, 1.82) is 0 Å². The minimum Gasteiger partial charge on any atom is -0.444 e. The van der Waals surface area contributed by atoms with Gasteiger partial charge in [-0.05, 0) is 20.8 Å². The molecule has 0 aliphatic carbocycles. The minimum absolute atomic E-state index is 0.167. The lowest BCUT2D eigenvalue weighted by Gasteiger charge is -2.33. The summed E-state index contributed by atoms with van der Waals surface area (Å²) in [5.41, 5.74) is 5.11. The number of alkyl carbamates (subject to hydrolysis) is 1. The van der Waals surface area contributed by atoms with Crippen molar-refractivity contribution >= 4 is 12.0 Å². The van der Waals surface area contributed by atoms with Crippen LogP contribution in [-0.2, 0) is 22.6 Å². The normalized spacial score (nSPS) is 21.4. The molecule has 0 spiro atoms. The first-order valence-electron chi connectivity index (χ1n) is 6.66. The number of β-lactam (4-membered cyclic amide) rings is 1. The van der Waals surface area contributed by atoms with Gasteiger partial charge in [0.15, 0.2) is 0 Å². The van der Waals surface area contributed by atoms with Gasteiger partial charge in [0.25, 0.3) is 0 Å². The average Bonchev–Trinajstić information content (AvgIpc) is 2.81. The number of aromatic nitrogens is 3. The number of rotatable bonds is 4. The molecule has 1 aliphatic rings. The number of hydrogen-bond acceptors (Lipinski definition) is 6. The van der Waals surface area contributed by atoms with Gasteiger partial charge < -0.3 is 21.1 Å². The van der Waals surface area contributed by atoms with E-state index >= 15 is 0 Å². The summed E-state index contributed by atoms with van der Waals surface area (Å²) in [6, 6.07) is -0.694. The van der Waals surface area contributed by atoms with Crippen molar-refractivity contribution in [3.05, 3.63) is 12.2 Å². The maximum absolute atomic E-state index is 11.6. The van der Waals surface area contributed by atoms with E-state index in [4.69, 9.17) is 10.5 Å². The predicted octanol–water partition coefficient (Wildman–Crippen LogP) is -0.871. The van der Waals surface area contributed by atoms with Gasteiger partial charge in [0.2, 0.25) is 5.91 Å². The summed E-state index contributed by atoms with van der Waals surface area (Å²) in [6.07, 6.45) is 0.865. The van der Waals surface area contributed by atoms with E-state index in [0.29, 0.717) is 12.4 Å². The quantitative estimate of drug-likeness (QED) is 0.620. The summed E-state index contributed by atoms with van der Waals surface area (Å²) in [7, 11) is 0. The fraction of sp³-hybridized carbons (Fsp3) is 0.667. The fourth-order valence-corrected chi connectivity index (χ4v) is 1.84. The van der Waals surface area contributed by atoms with Crippen LogP contribution in [0.1, 0.15) is 26.6 Å². The molecule has 1 aromatic heterocycles. The largest absolute Gasteiger partial charge is 0.444 e. The first kappa shape index (κ1) is 15.2. The van der Waals surface area contributed by atoms with Crippen molar-refractivity contribution in [3.63, 3.8) is 0 Å². The number of hydrogen-bond donors (Lipinski definition) is 3. The highest BCUT2D eigenvalue weighted by molar-refractivity contribution is 5.88. The van der Waals surface area contributed by atoms with E-state index < -0.39 is 17.7 Å². The molecule has 116 valence electrons. The van der Waals surface area contributed by atoms with Crippen molar-refractivity contribution < 1.29 is 14.3 Å². The number of nitrogens with one attached hydrogen (secondary N) is 2. The molecule has 2 atom stereocenters. The summed E-state index contributed by atoms with van der Waals surface area (Å²) in [6.45, 7) is 5.96. The SMILES string of the molecule is CC(C)(C)OC(=O)NCc1ncnn1C[C@H]1NC(=O)[C@H]1N. The van der Waals surface area contributed by atoms with Gasteiger partial charge in [-0.3, -0.25) is 4.79 Å². The molecule has 1 saturated heterocycles. The van der Waals surface area contributed by atoms with Crippen LogP contribution in [0.5, 0.6) is 0 Å². The van der Waals surface area contributed by atoms with Crippen LogP contribution in [0.3, 0.4) is 0 Å². The zero-order valence-corrected chi connectivity index (χ0v) is 12.3. The fourth-order valence-electron chi connectivity index (χ4n) is 1.84. The molecular formula is C12H20N6O3. The second kappa shape index (κ2) is 5.68. The third-order valence-electron chi connectivity index (χ3n) is 2.92. The third-order valence-corrected chi connectivity index (χ3v) is 2.92. The van der Waals surface area contributed by atoms with Crippen molar-refractivity contribution in [2.24, 2.45) is 5.73 Å². The first-order valence-corrected chi connectivity index (χ1v) is 6.66. The lowest BCUT2D eigenvalue weighted by atomic mass is 10.0. The van der Waals surface area contributed by atoms with E-state index in [0.717, 1.165) is 0 Å². The number of ether oxygens (including phenoxy) is 1. The zero-order chi connectivity index (χ0) is 15.6. The molecule has 2 rings (SSSR count). The number of nitrogens with two attached hydrogens (primary N) is 1. The molecule has 0 aromatic carbocycles. The Morgan fingerprint density at radius 1 is 1.57 bits per heavy atom. The Hall–Kier alpha value is -2.16. The van der Waals surface area contributed by atoms with Crippen molar-refractivity contribution in [2.45, 2.75) is 51.5 Å². The van der Waals surface area contributed by atoms with E-state index in [1.807, 2.05) is 0 Å². The Morgan fingerprint density at radius 3 is 2.86 bits per heavy atom. The Bertz CT molecular complexity index is 535. The van der Waals surface area contributed by atoms with Gasteiger partial charge in [0.05, 0.1) is 19.1 Å². The Kier molecular flexibility index (Phi) is 4.12. The number of carbonyl (C=O) groups is 2. The van der Waals surface area contributed by atoms with Crippen molar-refractivity contribution in [2.75, 3.05) is 0 Å². The molecule has 2 heterocycles. The highest BCUT2D eigenvalue weighted by Crippen LogP contribution is 2.08. The van der Waals surface area contributed by atoms with E-state index in [1.165, 1.54) is 6.33 Å². The van der Waals surface area contributed by atoms with Crippen LogP contribution in [-0.4, -0.2) is 44.4 Å². The second-order valence-corrected chi connectivity index (χ2v) is 5.85. The molecule has 1 fully saturated rings. The number of nitrogens with zero attached hydrogens (tertiary/aromatic N) is 3. The molecule has 2 amide bonds. The van der Waals surface area contributed by atoms with E-state index in [1.54, 1.807) is 25.5 Å². The number of carbonyl (C=O) groups excluding carboxylic acids is 2. The molecule has 21 heavy (non-hydrogen) atoms. The maximum atomic E-state index is 11.6. The molecule has 9 heteroatoms. The summed E-state index contributed by atoms with van der Waals surface area (Å²) < 4.78 is 6.73. The Morgan fingerprint density at radius 2 is 2.29 bits per heavy atom.